The largest absolute Gasteiger partial charge is 0.481 e. The van der Waals surface area contributed by atoms with Crippen LogP contribution in [-0.2, 0) is 11.3 Å². The highest BCUT2D eigenvalue weighted by Crippen LogP contribution is 2.21. The van der Waals surface area contributed by atoms with Crippen LogP contribution in [0.5, 0.6) is 5.75 Å². The summed E-state index contributed by atoms with van der Waals surface area (Å²) in [5.74, 6) is 0.796. The number of hydrogen-bond donors (Lipinski definition) is 1. The molecule has 4 nitrogen and oxygen atoms in total. The first kappa shape index (κ1) is 14.9. The molecule has 0 aromatic heterocycles. The van der Waals surface area contributed by atoms with E-state index in [2.05, 4.69) is 0 Å². The molecule has 1 saturated heterocycles. The lowest BCUT2D eigenvalue weighted by Crippen LogP contribution is -2.43. The molecule has 20 heavy (non-hydrogen) atoms. The van der Waals surface area contributed by atoms with Gasteiger partial charge in [-0.25, -0.2) is 0 Å². The summed E-state index contributed by atoms with van der Waals surface area (Å²) in [5, 5.41) is 0. The number of nitrogens with two attached hydrogens (primary N) is 1. The highest BCUT2D eigenvalue weighted by molar-refractivity contribution is 5.81. The van der Waals surface area contributed by atoms with E-state index in [-0.39, 0.29) is 5.91 Å². The standard InChI is InChI=1S/C16H24N2O2/c1-12-6-7-15(14(10-12)11-17)20-13(2)16(19)18-8-4-3-5-9-18/h6-7,10,13H,3-5,8-9,11,17H2,1-2H3. The van der Waals surface area contributed by atoms with Crippen LogP contribution in [0.4, 0.5) is 0 Å². The van der Waals surface area contributed by atoms with Crippen LogP contribution in [0, 0.1) is 6.92 Å². The second-order valence-electron chi connectivity index (χ2n) is 5.46. The van der Waals surface area contributed by atoms with Gasteiger partial charge in [0, 0.05) is 25.2 Å². The van der Waals surface area contributed by atoms with Gasteiger partial charge >= 0.3 is 0 Å². The van der Waals surface area contributed by atoms with E-state index in [1.807, 2.05) is 36.9 Å². The Kier molecular flexibility index (Phi) is 5.01. The van der Waals surface area contributed by atoms with Crippen LogP contribution >= 0.6 is 0 Å². The Balaban J connectivity index is 2.03. The summed E-state index contributed by atoms with van der Waals surface area (Å²) in [7, 11) is 0. The lowest BCUT2D eigenvalue weighted by molar-refractivity contribution is -0.138. The molecule has 1 unspecified atom stereocenters. The number of nitrogens with zero attached hydrogens (tertiary/aromatic N) is 1. The number of carbonyl (C=O) groups is 1. The number of amides is 1. The van der Waals surface area contributed by atoms with Gasteiger partial charge in [0.1, 0.15) is 5.75 Å². The molecule has 0 radical (unpaired) electrons. The number of carbonyl (C=O) groups excluding carboxylic acids is 1. The number of hydrogen-bond acceptors (Lipinski definition) is 3. The maximum atomic E-state index is 12.3. The molecule has 1 aliphatic rings. The van der Waals surface area contributed by atoms with Crippen molar-refractivity contribution in [1.82, 2.24) is 4.90 Å². The van der Waals surface area contributed by atoms with E-state index in [0.717, 1.165) is 42.8 Å². The third kappa shape index (κ3) is 3.51. The van der Waals surface area contributed by atoms with Crippen molar-refractivity contribution in [2.24, 2.45) is 5.73 Å². The van der Waals surface area contributed by atoms with Crippen LogP contribution in [0.3, 0.4) is 0 Å². The number of aryl methyl sites for hydroxylation is 1. The Bertz CT molecular complexity index is 468. The van der Waals surface area contributed by atoms with Crippen molar-refractivity contribution >= 4 is 5.91 Å². The van der Waals surface area contributed by atoms with E-state index in [4.69, 9.17) is 10.5 Å². The number of likely N-dealkylation sites (tertiary alicyclic amines) is 1. The molecular formula is C16H24N2O2. The Hall–Kier alpha value is -1.55. The van der Waals surface area contributed by atoms with Crippen molar-refractivity contribution in [1.29, 1.82) is 0 Å². The smallest absolute Gasteiger partial charge is 0.263 e. The Morgan fingerprint density at radius 2 is 2.05 bits per heavy atom. The minimum absolute atomic E-state index is 0.0771. The van der Waals surface area contributed by atoms with Crippen LogP contribution in [0.25, 0.3) is 0 Å². The molecule has 0 aliphatic carbocycles. The number of piperidine rings is 1. The van der Waals surface area contributed by atoms with Crippen LogP contribution in [0.2, 0.25) is 0 Å². The molecule has 1 aromatic carbocycles. The molecule has 1 aliphatic heterocycles. The van der Waals surface area contributed by atoms with Gasteiger partial charge in [-0.05, 0) is 39.2 Å². The zero-order valence-electron chi connectivity index (χ0n) is 12.4. The van der Waals surface area contributed by atoms with E-state index in [1.165, 1.54) is 6.42 Å². The molecule has 1 atom stereocenters. The Labute approximate surface area is 120 Å². The van der Waals surface area contributed by atoms with Gasteiger partial charge in [-0.3, -0.25) is 4.79 Å². The molecule has 1 amide bonds. The van der Waals surface area contributed by atoms with Gasteiger partial charge in [0.15, 0.2) is 6.10 Å². The van der Waals surface area contributed by atoms with E-state index in [9.17, 15) is 4.79 Å². The van der Waals surface area contributed by atoms with E-state index in [1.54, 1.807) is 0 Å². The third-order valence-corrected chi connectivity index (χ3v) is 3.76. The Morgan fingerprint density at radius 1 is 1.35 bits per heavy atom. The average molecular weight is 276 g/mol. The summed E-state index contributed by atoms with van der Waals surface area (Å²) >= 11 is 0. The second kappa shape index (κ2) is 6.75. The second-order valence-corrected chi connectivity index (χ2v) is 5.46. The van der Waals surface area contributed by atoms with Crippen molar-refractivity contribution in [3.63, 3.8) is 0 Å². The first-order valence-corrected chi connectivity index (χ1v) is 7.37. The molecule has 0 saturated carbocycles. The lowest BCUT2D eigenvalue weighted by atomic mass is 10.1. The molecule has 1 fully saturated rings. The Morgan fingerprint density at radius 3 is 2.70 bits per heavy atom. The average Bonchev–Trinajstić information content (AvgIpc) is 2.49. The maximum Gasteiger partial charge on any atom is 0.263 e. The third-order valence-electron chi connectivity index (χ3n) is 3.76. The van der Waals surface area contributed by atoms with Crippen molar-refractivity contribution in [3.8, 4) is 5.75 Å². The summed E-state index contributed by atoms with van der Waals surface area (Å²) < 4.78 is 5.84. The zero-order valence-corrected chi connectivity index (χ0v) is 12.4. The normalized spacial score (nSPS) is 16.9. The van der Waals surface area contributed by atoms with Gasteiger partial charge in [0.05, 0.1) is 0 Å². The summed E-state index contributed by atoms with van der Waals surface area (Å²) in [5.41, 5.74) is 7.83. The van der Waals surface area contributed by atoms with E-state index in [0.29, 0.717) is 6.54 Å². The van der Waals surface area contributed by atoms with Crippen molar-refractivity contribution in [2.45, 2.75) is 45.8 Å². The first-order valence-electron chi connectivity index (χ1n) is 7.37. The molecule has 110 valence electrons. The van der Waals surface area contributed by atoms with Gasteiger partial charge in [-0.2, -0.15) is 0 Å². The minimum atomic E-state index is -0.457. The maximum absolute atomic E-state index is 12.3. The van der Waals surface area contributed by atoms with Crippen molar-refractivity contribution < 1.29 is 9.53 Å². The highest BCUT2D eigenvalue weighted by atomic mass is 16.5. The fourth-order valence-corrected chi connectivity index (χ4v) is 2.59. The SMILES string of the molecule is Cc1ccc(OC(C)C(=O)N2CCCCC2)c(CN)c1. The predicted octanol–water partition coefficient (Wildman–Crippen LogP) is 2.23. The van der Waals surface area contributed by atoms with Gasteiger partial charge in [0.25, 0.3) is 5.91 Å². The first-order chi connectivity index (χ1) is 9.61. The van der Waals surface area contributed by atoms with Crippen LogP contribution in [0.15, 0.2) is 18.2 Å². The number of ether oxygens (including phenoxy) is 1. The molecule has 2 N–H and O–H groups in total. The van der Waals surface area contributed by atoms with Gasteiger partial charge in [0.2, 0.25) is 0 Å². The molecule has 0 bridgehead atoms. The van der Waals surface area contributed by atoms with Gasteiger partial charge < -0.3 is 15.4 Å². The van der Waals surface area contributed by atoms with Crippen LogP contribution in [-0.4, -0.2) is 30.0 Å². The number of benzene rings is 1. The summed E-state index contributed by atoms with van der Waals surface area (Å²) in [4.78, 5) is 14.2. The van der Waals surface area contributed by atoms with Crippen molar-refractivity contribution in [3.05, 3.63) is 29.3 Å². The van der Waals surface area contributed by atoms with Crippen LogP contribution in [0.1, 0.15) is 37.3 Å². The molecule has 0 spiro atoms. The van der Waals surface area contributed by atoms with Gasteiger partial charge in [-0.1, -0.05) is 17.7 Å². The predicted molar refractivity (Wildman–Crippen MR) is 79.6 cm³/mol. The monoisotopic (exact) mass is 276 g/mol. The minimum Gasteiger partial charge on any atom is -0.481 e. The fourth-order valence-electron chi connectivity index (χ4n) is 2.59. The molecule has 2 rings (SSSR count). The summed E-state index contributed by atoms with van der Waals surface area (Å²) in [6, 6.07) is 5.89. The summed E-state index contributed by atoms with van der Waals surface area (Å²) in [6.07, 6.45) is 2.95. The molecule has 1 heterocycles. The molecule has 1 aromatic rings. The summed E-state index contributed by atoms with van der Waals surface area (Å²) in [6.45, 7) is 5.96. The lowest BCUT2D eigenvalue weighted by Gasteiger charge is -2.29. The highest BCUT2D eigenvalue weighted by Gasteiger charge is 2.23. The number of rotatable bonds is 4. The fraction of sp³-hybridized carbons (Fsp3) is 0.562. The topological polar surface area (TPSA) is 55.6 Å². The quantitative estimate of drug-likeness (QED) is 0.917. The van der Waals surface area contributed by atoms with E-state index >= 15 is 0 Å². The van der Waals surface area contributed by atoms with E-state index < -0.39 is 6.10 Å². The zero-order chi connectivity index (χ0) is 14.5. The molecule has 4 heteroatoms. The molecular weight excluding hydrogens is 252 g/mol. The van der Waals surface area contributed by atoms with Crippen molar-refractivity contribution in [2.75, 3.05) is 13.1 Å². The van der Waals surface area contributed by atoms with Crippen LogP contribution < -0.4 is 10.5 Å². The van der Waals surface area contributed by atoms with Gasteiger partial charge in [-0.15, -0.1) is 0 Å².